The highest BCUT2D eigenvalue weighted by Gasteiger charge is 2.21. The van der Waals surface area contributed by atoms with Gasteiger partial charge < -0.3 is 5.11 Å². The van der Waals surface area contributed by atoms with Gasteiger partial charge in [0.25, 0.3) is 0 Å². The molecule has 1 aromatic carbocycles. The lowest BCUT2D eigenvalue weighted by atomic mass is 10.0. The van der Waals surface area contributed by atoms with Crippen LogP contribution in [0.25, 0.3) is 11.1 Å². The normalized spacial score (nSPS) is 10.5. The van der Waals surface area contributed by atoms with Crippen LogP contribution in [0.1, 0.15) is 15.2 Å². The molecular formula is C12H8BrFO2S. The number of carboxylic acids is 1. The lowest BCUT2D eigenvalue weighted by molar-refractivity contribution is 0.0697. The van der Waals surface area contributed by atoms with E-state index in [0.29, 0.717) is 14.9 Å². The minimum absolute atomic E-state index is 0.235. The van der Waals surface area contributed by atoms with Crippen LogP contribution < -0.4 is 0 Å². The van der Waals surface area contributed by atoms with E-state index in [1.807, 2.05) is 6.92 Å². The number of carbonyl (C=O) groups is 1. The number of carboxylic acid groups (broad SMARTS) is 1. The van der Waals surface area contributed by atoms with Gasteiger partial charge in [-0.15, -0.1) is 11.3 Å². The summed E-state index contributed by atoms with van der Waals surface area (Å²) >= 11 is 4.61. The summed E-state index contributed by atoms with van der Waals surface area (Å²) < 4.78 is 13.4. The Labute approximate surface area is 110 Å². The lowest BCUT2D eigenvalue weighted by Gasteiger charge is -2.03. The fourth-order valence-electron chi connectivity index (χ4n) is 1.67. The maximum absolute atomic E-state index is 12.8. The van der Waals surface area contributed by atoms with Crippen LogP contribution in [0.3, 0.4) is 0 Å². The molecular weight excluding hydrogens is 307 g/mol. The van der Waals surface area contributed by atoms with Crippen LogP contribution in [-0.2, 0) is 0 Å². The molecule has 0 aliphatic carbocycles. The highest BCUT2D eigenvalue weighted by Crippen LogP contribution is 2.39. The standard InChI is InChI=1S/C12H8BrFO2S/c1-6-9(7-2-4-8(14)5-3-7)10(12(15)16)11(13)17-6/h2-5H,1H3,(H,15,16). The van der Waals surface area contributed by atoms with Gasteiger partial charge in [0.05, 0.1) is 9.35 Å². The highest BCUT2D eigenvalue weighted by molar-refractivity contribution is 9.11. The third-order valence-corrected chi connectivity index (χ3v) is 4.16. The summed E-state index contributed by atoms with van der Waals surface area (Å²) in [5.41, 5.74) is 1.59. The van der Waals surface area contributed by atoms with Gasteiger partial charge >= 0.3 is 5.97 Å². The van der Waals surface area contributed by atoms with E-state index in [1.54, 1.807) is 12.1 Å². The van der Waals surface area contributed by atoms with Gasteiger partial charge in [0, 0.05) is 10.4 Å². The second kappa shape index (κ2) is 4.58. The quantitative estimate of drug-likeness (QED) is 0.896. The van der Waals surface area contributed by atoms with Crippen LogP contribution >= 0.6 is 27.3 Å². The van der Waals surface area contributed by atoms with Gasteiger partial charge in [-0.25, -0.2) is 9.18 Å². The van der Waals surface area contributed by atoms with E-state index in [0.717, 1.165) is 4.88 Å². The van der Waals surface area contributed by atoms with Crippen LogP contribution in [0.5, 0.6) is 0 Å². The average Bonchev–Trinajstić information content (AvgIpc) is 2.55. The van der Waals surface area contributed by atoms with Gasteiger partial charge in [-0.2, -0.15) is 0 Å². The molecule has 0 aliphatic heterocycles. The van der Waals surface area contributed by atoms with E-state index < -0.39 is 5.97 Å². The van der Waals surface area contributed by atoms with Gasteiger partial charge in [-0.3, -0.25) is 0 Å². The summed E-state index contributed by atoms with van der Waals surface area (Å²) in [7, 11) is 0. The molecule has 2 aromatic rings. The number of aryl methyl sites for hydroxylation is 1. The van der Waals surface area contributed by atoms with Crippen LogP contribution in [0, 0.1) is 12.7 Å². The van der Waals surface area contributed by atoms with E-state index in [4.69, 9.17) is 0 Å². The Hall–Kier alpha value is -1.20. The summed E-state index contributed by atoms with van der Waals surface area (Å²) in [6, 6.07) is 5.82. The van der Waals surface area contributed by atoms with Crippen molar-refractivity contribution in [3.63, 3.8) is 0 Å². The predicted molar refractivity (Wildman–Crippen MR) is 69.1 cm³/mol. The van der Waals surface area contributed by atoms with Gasteiger partial charge in [0.1, 0.15) is 5.82 Å². The number of hydrogen-bond donors (Lipinski definition) is 1. The zero-order chi connectivity index (χ0) is 12.6. The Bertz CT molecular complexity index is 575. The maximum atomic E-state index is 12.8. The summed E-state index contributed by atoms with van der Waals surface area (Å²) in [6.45, 7) is 1.85. The van der Waals surface area contributed by atoms with Gasteiger partial charge in [0.15, 0.2) is 0 Å². The molecule has 5 heteroatoms. The van der Waals surface area contributed by atoms with Crippen molar-refractivity contribution in [2.75, 3.05) is 0 Å². The molecule has 0 spiro atoms. The van der Waals surface area contributed by atoms with Crippen molar-refractivity contribution >= 4 is 33.2 Å². The zero-order valence-electron chi connectivity index (χ0n) is 8.83. The molecule has 0 saturated heterocycles. The third-order valence-electron chi connectivity index (χ3n) is 2.39. The second-order valence-electron chi connectivity index (χ2n) is 3.49. The molecule has 88 valence electrons. The lowest BCUT2D eigenvalue weighted by Crippen LogP contribution is -1.98. The Morgan fingerprint density at radius 3 is 2.47 bits per heavy atom. The first-order valence-electron chi connectivity index (χ1n) is 4.79. The van der Waals surface area contributed by atoms with Crippen molar-refractivity contribution in [3.8, 4) is 11.1 Å². The monoisotopic (exact) mass is 314 g/mol. The second-order valence-corrected chi connectivity index (χ2v) is 6.04. The summed E-state index contributed by atoms with van der Waals surface area (Å²) in [4.78, 5) is 12.1. The first kappa shape index (κ1) is 12.3. The fourth-order valence-corrected chi connectivity index (χ4v) is 3.64. The SMILES string of the molecule is Cc1sc(Br)c(C(=O)O)c1-c1ccc(F)cc1. The Morgan fingerprint density at radius 2 is 1.94 bits per heavy atom. The molecule has 1 N–H and O–H groups in total. The van der Waals surface area contributed by atoms with Crippen LogP contribution in [0.2, 0.25) is 0 Å². The first-order valence-corrected chi connectivity index (χ1v) is 6.39. The van der Waals surface area contributed by atoms with E-state index in [-0.39, 0.29) is 11.4 Å². The van der Waals surface area contributed by atoms with E-state index in [2.05, 4.69) is 15.9 Å². The molecule has 0 fully saturated rings. The van der Waals surface area contributed by atoms with Crippen molar-refractivity contribution in [2.45, 2.75) is 6.92 Å². The Balaban J connectivity index is 2.66. The number of aromatic carboxylic acids is 1. The molecule has 0 saturated carbocycles. The zero-order valence-corrected chi connectivity index (χ0v) is 11.2. The number of benzene rings is 1. The minimum atomic E-state index is -0.986. The van der Waals surface area contributed by atoms with Crippen molar-refractivity contribution in [2.24, 2.45) is 0 Å². The van der Waals surface area contributed by atoms with E-state index in [1.165, 1.54) is 23.5 Å². The molecule has 0 amide bonds. The molecule has 1 heterocycles. The maximum Gasteiger partial charge on any atom is 0.338 e. The van der Waals surface area contributed by atoms with Crippen LogP contribution in [-0.4, -0.2) is 11.1 Å². The molecule has 0 radical (unpaired) electrons. The van der Waals surface area contributed by atoms with Crippen molar-refractivity contribution < 1.29 is 14.3 Å². The Kier molecular flexibility index (Phi) is 3.31. The van der Waals surface area contributed by atoms with Gasteiger partial charge in [0.2, 0.25) is 0 Å². The molecule has 2 rings (SSSR count). The third kappa shape index (κ3) is 2.25. The van der Waals surface area contributed by atoms with E-state index >= 15 is 0 Å². The van der Waals surface area contributed by atoms with E-state index in [9.17, 15) is 14.3 Å². The summed E-state index contributed by atoms with van der Waals surface area (Å²) in [6.07, 6.45) is 0. The minimum Gasteiger partial charge on any atom is -0.478 e. The summed E-state index contributed by atoms with van der Waals surface area (Å²) in [5.74, 6) is -1.32. The van der Waals surface area contributed by atoms with Crippen molar-refractivity contribution in [1.29, 1.82) is 0 Å². The Morgan fingerprint density at radius 1 is 1.35 bits per heavy atom. The average molecular weight is 315 g/mol. The van der Waals surface area contributed by atoms with Crippen molar-refractivity contribution in [3.05, 3.63) is 44.3 Å². The predicted octanol–water partition coefficient (Wildman–Crippen LogP) is 4.32. The molecule has 2 nitrogen and oxygen atoms in total. The summed E-state index contributed by atoms with van der Waals surface area (Å²) in [5, 5.41) is 9.18. The highest BCUT2D eigenvalue weighted by atomic mass is 79.9. The number of rotatable bonds is 2. The molecule has 0 atom stereocenters. The number of thiophene rings is 1. The topological polar surface area (TPSA) is 37.3 Å². The molecule has 17 heavy (non-hydrogen) atoms. The van der Waals surface area contributed by atoms with Crippen molar-refractivity contribution in [1.82, 2.24) is 0 Å². The van der Waals surface area contributed by atoms with Gasteiger partial charge in [-0.1, -0.05) is 12.1 Å². The smallest absolute Gasteiger partial charge is 0.338 e. The molecule has 1 aromatic heterocycles. The molecule has 0 unspecified atom stereocenters. The van der Waals surface area contributed by atoms with Crippen LogP contribution in [0.4, 0.5) is 4.39 Å². The number of halogens is 2. The fraction of sp³-hybridized carbons (Fsp3) is 0.0833. The van der Waals surface area contributed by atoms with Gasteiger partial charge in [-0.05, 0) is 40.5 Å². The molecule has 0 bridgehead atoms. The number of hydrogen-bond acceptors (Lipinski definition) is 2. The van der Waals surface area contributed by atoms with Crippen LogP contribution in [0.15, 0.2) is 28.1 Å². The molecule has 0 aliphatic rings. The largest absolute Gasteiger partial charge is 0.478 e. The first-order chi connectivity index (χ1) is 8.00.